The van der Waals surface area contributed by atoms with Gasteiger partial charge in [-0.05, 0) is 49.9 Å². The van der Waals surface area contributed by atoms with E-state index >= 15 is 0 Å². The number of nitrogens with one attached hydrogen (secondary N) is 1. The zero-order valence-electron chi connectivity index (χ0n) is 9.63. The Balaban J connectivity index is 2.24. The largest absolute Gasteiger partial charge is 0.494 e. The number of hydrogen-bond acceptors (Lipinski definition) is 2. The summed E-state index contributed by atoms with van der Waals surface area (Å²) in [6.45, 7) is 2.02. The van der Waals surface area contributed by atoms with Crippen LogP contribution in [0.15, 0.2) is 18.2 Å². The third-order valence-corrected chi connectivity index (χ3v) is 3.23. The fourth-order valence-corrected chi connectivity index (χ4v) is 2.33. The van der Waals surface area contributed by atoms with Gasteiger partial charge >= 0.3 is 0 Å². The molecule has 0 aliphatic carbocycles. The molecule has 0 saturated carbocycles. The van der Waals surface area contributed by atoms with Crippen molar-refractivity contribution in [1.82, 2.24) is 5.32 Å². The van der Waals surface area contributed by atoms with E-state index in [9.17, 15) is 4.39 Å². The van der Waals surface area contributed by atoms with E-state index in [-0.39, 0.29) is 5.82 Å². The molecule has 1 heterocycles. The van der Waals surface area contributed by atoms with Crippen molar-refractivity contribution in [3.8, 4) is 5.75 Å². The molecule has 16 heavy (non-hydrogen) atoms. The number of halogens is 1. The predicted molar refractivity (Wildman–Crippen MR) is 62.4 cm³/mol. The Morgan fingerprint density at radius 2 is 2.19 bits per heavy atom. The highest BCUT2D eigenvalue weighted by Gasteiger charge is 2.19. The van der Waals surface area contributed by atoms with Crippen LogP contribution in [0.4, 0.5) is 4.39 Å². The Labute approximate surface area is 95.8 Å². The first-order valence-corrected chi connectivity index (χ1v) is 5.86. The van der Waals surface area contributed by atoms with Crippen molar-refractivity contribution in [2.24, 2.45) is 0 Å². The van der Waals surface area contributed by atoms with Gasteiger partial charge in [0.1, 0.15) is 0 Å². The maximum Gasteiger partial charge on any atom is 0.168 e. The van der Waals surface area contributed by atoms with Crippen LogP contribution in [0.3, 0.4) is 0 Å². The molecule has 88 valence electrons. The number of benzene rings is 1. The standard InChI is InChI=1S/C13H18FNO/c1-16-12-6-2-5-11(13(12)14)10-4-3-8-15-9-7-10/h2,5-6,10,15H,3-4,7-9H2,1H3. The Morgan fingerprint density at radius 1 is 1.31 bits per heavy atom. The summed E-state index contributed by atoms with van der Waals surface area (Å²) in [5.41, 5.74) is 0.808. The van der Waals surface area contributed by atoms with Crippen LogP contribution in [-0.2, 0) is 0 Å². The summed E-state index contributed by atoms with van der Waals surface area (Å²) in [6.07, 6.45) is 3.17. The topological polar surface area (TPSA) is 21.3 Å². The molecule has 2 nitrogen and oxygen atoms in total. The predicted octanol–water partition coefficient (Wildman–Crippen LogP) is 2.69. The second-order valence-corrected chi connectivity index (χ2v) is 4.24. The summed E-state index contributed by atoms with van der Waals surface area (Å²) in [7, 11) is 1.51. The van der Waals surface area contributed by atoms with Crippen molar-refractivity contribution in [2.75, 3.05) is 20.2 Å². The molecule has 1 aromatic carbocycles. The van der Waals surface area contributed by atoms with Crippen LogP contribution in [0.2, 0.25) is 0 Å². The Bertz CT molecular complexity index is 346. The zero-order valence-corrected chi connectivity index (χ0v) is 9.63. The van der Waals surface area contributed by atoms with Gasteiger partial charge in [0.2, 0.25) is 0 Å². The van der Waals surface area contributed by atoms with Crippen LogP contribution >= 0.6 is 0 Å². The smallest absolute Gasteiger partial charge is 0.168 e. The molecule has 0 spiro atoms. The van der Waals surface area contributed by atoms with Crippen LogP contribution in [0, 0.1) is 5.82 Å². The van der Waals surface area contributed by atoms with Gasteiger partial charge in [-0.1, -0.05) is 12.1 Å². The molecule has 2 rings (SSSR count). The highest BCUT2D eigenvalue weighted by molar-refractivity contribution is 5.33. The summed E-state index contributed by atoms with van der Waals surface area (Å²) in [6, 6.07) is 5.43. The number of rotatable bonds is 2. The first-order chi connectivity index (χ1) is 7.83. The molecule has 0 amide bonds. The van der Waals surface area contributed by atoms with Crippen molar-refractivity contribution in [1.29, 1.82) is 0 Å². The molecule has 1 fully saturated rings. The minimum atomic E-state index is -0.183. The van der Waals surface area contributed by atoms with Crippen molar-refractivity contribution >= 4 is 0 Å². The molecule has 0 radical (unpaired) electrons. The zero-order chi connectivity index (χ0) is 11.4. The fourth-order valence-electron chi connectivity index (χ4n) is 2.33. The van der Waals surface area contributed by atoms with Gasteiger partial charge in [0.25, 0.3) is 0 Å². The highest BCUT2D eigenvalue weighted by atomic mass is 19.1. The second kappa shape index (κ2) is 5.30. The van der Waals surface area contributed by atoms with E-state index < -0.39 is 0 Å². The average molecular weight is 223 g/mol. The van der Waals surface area contributed by atoms with Gasteiger partial charge in [0.15, 0.2) is 11.6 Å². The van der Waals surface area contributed by atoms with Gasteiger partial charge in [-0.2, -0.15) is 0 Å². The van der Waals surface area contributed by atoms with Crippen LogP contribution in [0.25, 0.3) is 0 Å². The second-order valence-electron chi connectivity index (χ2n) is 4.24. The van der Waals surface area contributed by atoms with Crippen molar-refractivity contribution in [3.05, 3.63) is 29.6 Å². The van der Waals surface area contributed by atoms with E-state index in [1.807, 2.05) is 12.1 Å². The number of ether oxygens (including phenoxy) is 1. The maximum absolute atomic E-state index is 14.0. The lowest BCUT2D eigenvalue weighted by molar-refractivity contribution is 0.381. The SMILES string of the molecule is COc1cccc(C2CCCNCC2)c1F. The quantitative estimate of drug-likeness (QED) is 0.832. The Hall–Kier alpha value is -1.09. The fraction of sp³-hybridized carbons (Fsp3) is 0.538. The summed E-state index contributed by atoms with van der Waals surface area (Å²) in [4.78, 5) is 0. The Morgan fingerprint density at radius 3 is 3.00 bits per heavy atom. The molecule has 3 heteroatoms. The van der Waals surface area contributed by atoms with Gasteiger partial charge in [-0.3, -0.25) is 0 Å². The molecule has 1 aliphatic heterocycles. The van der Waals surface area contributed by atoms with Crippen molar-refractivity contribution in [3.63, 3.8) is 0 Å². The van der Waals surface area contributed by atoms with Crippen molar-refractivity contribution < 1.29 is 9.13 Å². The van der Waals surface area contributed by atoms with Crippen LogP contribution in [0.1, 0.15) is 30.7 Å². The van der Waals surface area contributed by atoms with Gasteiger partial charge < -0.3 is 10.1 Å². The third kappa shape index (κ3) is 2.35. The molecule has 1 saturated heterocycles. The highest BCUT2D eigenvalue weighted by Crippen LogP contribution is 2.31. The lowest BCUT2D eigenvalue weighted by atomic mass is 9.91. The van der Waals surface area contributed by atoms with E-state index in [0.29, 0.717) is 11.7 Å². The minimum absolute atomic E-state index is 0.183. The van der Waals surface area contributed by atoms with Gasteiger partial charge in [0, 0.05) is 0 Å². The lowest BCUT2D eigenvalue weighted by Gasteiger charge is -2.16. The van der Waals surface area contributed by atoms with E-state index in [1.54, 1.807) is 6.07 Å². The first-order valence-electron chi connectivity index (χ1n) is 5.86. The van der Waals surface area contributed by atoms with Crippen LogP contribution in [-0.4, -0.2) is 20.2 Å². The van der Waals surface area contributed by atoms with E-state index in [2.05, 4.69) is 5.32 Å². The Kier molecular flexibility index (Phi) is 3.78. The molecule has 0 bridgehead atoms. The van der Waals surface area contributed by atoms with Gasteiger partial charge in [0.05, 0.1) is 7.11 Å². The van der Waals surface area contributed by atoms with Crippen LogP contribution in [0.5, 0.6) is 5.75 Å². The van der Waals surface area contributed by atoms with E-state index in [0.717, 1.165) is 37.9 Å². The number of hydrogen-bond donors (Lipinski definition) is 1. The molecular weight excluding hydrogens is 205 g/mol. The van der Waals surface area contributed by atoms with Gasteiger partial charge in [-0.15, -0.1) is 0 Å². The molecule has 0 aromatic heterocycles. The summed E-state index contributed by atoms with van der Waals surface area (Å²) < 4.78 is 19.1. The molecule has 1 atom stereocenters. The average Bonchev–Trinajstić information content (AvgIpc) is 2.58. The lowest BCUT2D eigenvalue weighted by Crippen LogP contribution is -2.14. The van der Waals surface area contributed by atoms with E-state index in [4.69, 9.17) is 4.74 Å². The number of methoxy groups -OCH3 is 1. The third-order valence-electron chi connectivity index (χ3n) is 3.23. The summed E-state index contributed by atoms with van der Waals surface area (Å²) >= 11 is 0. The van der Waals surface area contributed by atoms with Gasteiger partial charge in [-0.25, -0.2) is 4.39 Å². The molecule has 1 N–H and O–H groups in total. The molecule has 1 unspecified atom stereocenters. The molecular formula is C13H18FNO. The van der Waals surface area contributed by atoms with Crippen LogP contribution < -0.4 is 10.1 Å². The van der Waals surface area contributed by atoms with E-state index in [1.165, 1.54) is 7.11 Å². The first kappa shape index (κ1) is 11.4. The minimum Gasteiger partial charge on any atom is -0.494 e. The summed E-state index contributed by atoms with van der Waals surface area (Å²) in [5.74, 6) is 0.497. The molecule has 1 aliphatic rings. The molecule has 1 aromatic rings. The van der Waals surface area contributed by atoms with Crippen molar-refractivity contribution in [2.45, 2.75) is 25.2 Å². The monoisotopic (exact) mass is 223 g/mol. The normalized spacial score (nSPS) is 21.5. The summed E-state index contributed by atoms with van der Waals surface area (Å²) in [5, 5.41) is 3.34. The maximum atomic E-state index is 14.0.